The molecular formula is C12H21NO4. The monoisotopic (exact) mass is 243 g/mol. The van der Waals surface area contributed by atoms with E-state index in [1.54, 1.807) is 13.8 Å². The summed E-state index contributed by atoms with van der Waals surface area (Å²) in [6, 6.07) is 0. The molecule has 5 nitrogen and oxygen atoms in total. The van der Waals surface area contributed by atoms with Gasteiger partial charge in [-0.05, 0) is 11.8 Å². The number of carboxylic acids is 1. The maximum absolute atomic E-state index is 11.7. The molecule has 1 amide bonds. The summed E-state index contributed by atoms with van der Waals surface area (Å²) >= 11 is 0. The van der Waals surface area contributed by atoms with E-state index in [2.05, 4.69) is 5.32 Å². The largest absolute Gasteiger partial charge is 0.481 e. The Bertz CT molecular complexity index is 282. The maximum Gasteiger partial charge on any atom is 0.303 e. The van der Waals surface area contributed by atoms with Crippen molar-refractivity contribution in [2.24, 2.45) is 11.3 Å². The van der Waals surface area contributed by atoms with Crippen LogP contribution in [-0.4, -0.2) is 36.7 Å². The fourth-order valence-corrected chi connectivity index (χ4v) is 1.97. The molecule has 1 rings (SSSR count). The maximum atomic E-state index is 11.7. The van der Waals surface area contributed by atoms with Gasteiger partial charge in [-0.25, -0.2) is 0 Å². The summed E-state index contributed by atoms with van der Waals surface area (Å²) in [4.78, 5) is 22.3. The molecule has 1 fully saturated rings. The van der Waals surface area contributed by atoms with E-state index in [9.17, 15) is 9.59 Å². The lowest BCUT2D eigenvalue weighted by atomic mass is 9.85. The third-order valence-electron chi connectivity index (χ3n) is 2.88. The normalized spacial score (nSPS) is 20.2. The highest BCUT2D eigenvalue weighted by molar-refractivity contribution is 5.77. The van der Waals surface area contributed by atoms with Crippen LogP contribution < -0.4 is 5.32 Å². The highest BCUT2D eigenvalue weighted by atomic mass is 16.5. The molecule has 0 saturated carbocycles. The van der Waals surface area contributed by atoms with Crippen molar-refractivity contribution in [2.45, 2.75) is 33.1 Å². The van der Waals surface area contributed by atoms with Gasteiger partial charge < -0.3 is 15.2 Å². The number of amides is 1. The van der Waals surface area contributed by atoms with E-state index >= 15 is 0 Å². The minimum absolute atomic E-state index is 0.00690. The Morgan fingerprint density at radius 2 is 2.12 bits per heavy atom. The summed E-state index contributed by atoms with van der Waals surface area (Å²) < 4.78 is 5.21. The first-order chi connectivity index (χ1) is 7.89. The molecule has 1 atom stereocenters. The van der Waals surface area contributed by atoms with Crippen LogP contribution in [0.3, 0.4) is 0 Å². The number of carboxylic acid groups (broad SMARTS) is 1. The van der Waals surface area contributed by atoms with Gasteiger partial charge in [0.2, 0.25) is 5.91 Å². The Balaban J connectivity index is 2.25. The summed E-state index contributed by atoms with van der Waals surface area (Å²) in [5, 5.41) is 11.6. The van der Waals surface area contributed by atoms with Crippen molar-refractivity contribution in [1.29, 1.82) is 0 Å². The van der Waals surface area contributed by atoms with Crippen LogP contribution in [0, 0.1) is 11.3 Å². The van der Waals surface area contributed by atoms with Gasteiger partial charge >= 0.3 is 5.97 Å². The van der Waals surface area contributed by atoms with E-state index in [0.717, 1.165) is 13.0 Å². The standard InChI is InChI=1S/C12H21NO4/c1-12(2,6-11(15)16)5-10(14)13-7-9-3-4-17-8-9/h9H,3-8H2,1-2H3,(H,13,14)(H,15,16). The van der Waals surface area contributed by atoms with Crippen molar-refractivity contribution in [3.05, 3.63) is 0 Å². The summed E-state index contributed by atoms with van der Waals surface area (Å²) in [6.07, 6.45) is 1.23. The van der Waals surface area contributed by atoms with Gasteiger partial charge in [-0.3, -0.25) is 9.59 Å². The van der Waals surface area contributed by atoms with Crippen LogP contribution in [0.1, 0.15) is 33.1 Å². The molecule has 17 heavy (non-hydrogen) atoms. The fourth-order valence-electron chi connectivity index (χ4n) is 1.97. The van der Waals surface area contributed by atoms with Gasteiger partial charge in [0.15, 0.2) is 0 Å². The number of rotatable bonds is 6. The molecule has 0 aliphatic carbocycles. The van der Waals surface area contributed by atoms with Crippen molar-refractivity contribution < 1.29 is 19.4 Å². The lowest BCUT2D eigenvalue weighted by molar-refractivity contribution is -0.139. The highest BCUT2D eigenvalue weighted by Gasteiger charge is 2.25. The lowest BCUT2D eigenvalue weighted by Gasteiger charge is -2.21. The highest BCUT2D eigenvalue weighted by Crippen LogP contribution is 2.24. The third-order valence-corrected chi connectivity index (χ3v) is 2.88. The smallest absolute Gasteiger partial charge is 0.303 e. The number of ether oxygens (including phenoxy) is 1. The van der Waals surface area contributed by atoms with E-state index in [4.69, 9.17) is 9.84 Å². The molecule has 0 bridgehead atoms. The predicted molar refractivity (Wildman–Crippen MR) is 62.6 cm³/mol. The predicted octanol–water partition coefficient (Wildman–Crippen LogP) is 1.03. The molecule has 1 unspecified atom stereocenters. The Kier molecular flexibility index (Phi) is 4.93. The Hall–Kier alpha value is -1.10. The van der Waals surface area contributed by atoms with Crippen molar-refractivity contribution in [3.63, 3.8) is 0 Å². The molecule has 5 heteroatoms. The summed E-state index contributed by atoms with van der Waals surface area (Å²) in [5.41, 5.74) is -0.498. The molecule has 1 heterocycles. The van der Waals surface area contributed by atoms with Crippen molar-refractivity contribution in [2.75, 3.05) is 19.8 Å². The van der Waals surface area contributed by atoms with Crippen LogP contribution in [0.2, 0.25) is 0 Å². The molecule has 1 aliphatic rings. The minimum atomic E-state index is -0.869. The molecule has 98 valence electrons. The average molecular weight is 243 g/mol. The summed E-state index contributed by atoms with van der Waals surface area (Å²) in [7, 11) is 0. The molecule has 0 spiro atoms. The van der Waals surface area contributed by atoms with Crippen LogP contribution in [0.15, 0.2) is 0 Å². The quantitative estimate of drug-likeness (QED) is 0.730. The van der Waals surface area contributed by atoms with Crippen molar-refractivity contribution in [1.82, 2.24) is 5.32 Å². The van der Waals surface area contributed by atoms with E-state index in [0.29, 0.717) is 19.1 Å². The van der Waals surface area contributed by atoms with Crippen LogP contribution in [0.25, 0.3) is 0 Å². The molecule has 0 radical (unpaired) electrons. The zero-order valence-corrected chi connectivity index (χ0v) is 10.5. The third kappa shape index (κ3) is 5.68. The average Bonchev–Trinajstić information content (AvgIpc) is 2.63. The number of carbonyl (C=O) groups is 2. The first-order valence-corrected chi connectivity index (χ1v) is 5.95. The van der Waals surface area contributed by atoms with Gasteiger partial charge in [-0.2, -0.15) is 0 Å². The zero-order valence-electron chi connectivity index (χ0n) is 10.5. The molecule has 2 N–H and O–H groups in total. The zero-order chi connectivity index (χ0) is 12.9. The van der Waals surface area contributed by atoms with E-state index in [1.165, 1.54) is 0 Å². The summed E-state index contributed by atoms with van der Waals surface area (Å²) in [6.45, 7) is 5.69. The Labute approximate surface area is 102 Å². The number of carbonyl (C=O) groups excluding carboxylic acids is 1. The second kappa shape index (κ2) is 6.00. The van der Waals surface area contributed by atoms with Crippen LogP contribution >= 0.6 is 0 Å². The Morgan fingerprint density at radius 3 is 2.65 bits per heavy atom. The summed E-state index contributed by atoms with van der Waals surface area (Å²) in [5.74, 6) is -0.545. The van der Waals surface area contributed by atoms with Gasteiger partial charge in [0.05, 0.1) is 13.0 Å². The van der Waals surface area contributed by atoms with E-state index < -0.39 is 11.4 Å². The number of aliphatic carboxylic acids is 1. The second-order valence-electron chi connectivity index (χ2n) is 5.45. The topological polar surface area (TPSA) is 75.6 Å². The fraction of sp³-hybridized carbons (Fsp3) is 0.833. The minimum Gasteiger partial charge on any atom is -0.481 e. The number of hydrogen-bond donors (Lipinski definition) is 2. The van der Waals surface area contributed by atoms with Gasteiger partial charge in [0, 0.05) is 25.5 Å². The molecule has 0 aromatic carbocycles. The Morgan fingerprint density at radius 1 is 1.41 bits per heavy atom. The van der Waals surface area contributed by atoms with Crippen LogP contribution in [-0.2, 0) is 14.3 Å². The van der Waals surface area contributed by atoms with Crippen molar-refractivity contribution in [3.8, 4) is 0 Å². The van der Waals surface area contributed by atoms with Gasteiger partial charge in [-0.1, -0.05) is 13.8 Å². The lowest BCUT2D eigenvalue weighted by Crippen LogP contribution is -2.33. The van der Waals surface area contributed by atoms with Crippen LogP contribution in [0.5, 0.6) is 0 Å². The van der Waals surface area contributed by atoms with Gasteiger partial charge in [0.1, 0.15) is 0 Å². The molecular weight excluding hydrogens is 222 g/mol. The van der Waals surface area contributed by atoms with Gasteiger partial charge in [0.25, 0.3) is 0 Å². The first kappa shape index (κ1) is 14.0. The first-order valence-electron chi connectivity index (χ1n) is 5.95. The molecule has 0 aromatic heterocycles. The van der Waals surface area contributed by atoms with Crippen LogP contribution in [0.4, 0.5) is 0 Å². The number of hydrogen-bond acceptors (Lipinski definition) is 3. The van der Waals surface area contributed by atoms with E-state index in [1.807, 2.05) is 0 Å². The molecule has 1 aliphatic heterocycles. The van der Waals surface area contributed by atoms with E-state index in [-0.39, 0.29) is 18.7 Å². The SMILES string of the molecule is CC(C)(CC(=O)O)CC(=O)NCC1CCOC1. The molecule has 1 saturated heterocycles. The second-order valence-corrected chi connectivity index (χ2v) is 5.45. The van der Waals surface area contributed by atoms with Gasteiger partial charge in [-0.15, -0.1) is 0 Å². The number of nitrogens with one attached hydrogen (secondary N) is 1. The molecule has 0 aromatic rings. The van der Waals surface area contributed by atoms with Crippen molar-refractivity contribution >= 4 is 11.9 Å².